The summed E-state index contributed by atoms with van der Waals surface area (Å²) in [6, 6.07) is 3.15. The highest BCUT2D eigenvalue weighted by atomic mass is 35.5. The van der Waals surface area contributed by atoms with Crippen LogP contribution in [0.5, 0.6) is 0 Å². The Bertz CT molecular complexity index is 1110. The number of ether oxygens (including phenoxy) is 1. The van der Waals surface area contributed by atoms with Crippen LogP contribution in [-0.2, 0) is 16.1 Å². The Kier molecular flexibility index (Phi) is 9.65. The van der Waals surface area contributed by atoms with Gasteiger partial charge in [-0.25, -0.2) is 14.0 Å². The van der Waals surface area contributed by atoms with Gasteiger partial charge in [0.2, 0.25) is 0 Å². The molecular weight excluding hydrogens is 455 g/mol. The first-order valence-electron chi connectivity index (χ1n) is 10.8. The normalized spacial score (nSPS) is 10.8. The van der Waals surface area contributed by atoms with E-state index in [0.717, 1.165) is 42.4 Å². The Labute approximate surface area is 195 Å². The molecule has 0 spiro atoms. The largest absolute Gasteiger partial charge is 0.452 e. The molecule has 9 nitrogen and oxygen atoms in total. The minimum Gasteiger partial charge on any atom is -0.452 e. The highest BCUT2D eigenvalue weighted by Crippen LogP contribution is 2.20. The van der Waals surface area contributed by atoms with Gasteiger partial charge in [-0.15, -0.1) is 0 Å². The maximum Gasteiger partial charge on any atom is 0.340 e. The van der Waals surface area contributed by atoms with Crippen LogP contribution in [-0.4, -0.2) is 34.6 Å². The van der Waals surface area contributed by atoms with E-state index in [1.165, 1.54) is 4.57 Å². The molecule has 0 saturated heterocycles. The number of halogens is 2. The van der Waals surface area contributed by atoms with Crippen molar-refractivity contribution in [1.82, 2.24) is 9.55 Å². The van der Waals surface area contributed by atoms with Crippen LogP contribution in [0.4, 0.5) is 15.9 Å². The Balaban J connectivity index is 2.32. The number of carbonyl (C=O) groups excluding carboxylic acids is 2. The molecule has 180 valence electrons. The van der Waals surface area contributed by atoms with Crippen molar-refractivity contribution in [2.75, 3.05) is 23.8 Å². The lowest BCUT2D eigenvalue weighted by atomic mass is 10.2. The van der Waals surface area contributed by atoms with E-state index in [-0.39, 0.29) is 35.2 Å². The maximum atomic E-state index is 13.2. The number of benzene rings is 1. The summed E-state index contributed by atoms with van der Waals surface area (Å²) in [5, 5.41) is -0.157. The number of nitrogens with two attached hydrogens (primary N) is 1. The average Bonchev–Trinajstić information content (AvgIpc) is 2.76. The first kappa shape index (κ1) is 26.1. The summed E-state index contributed by atoms with van der Waals surface area (Å²) in [5.74, 6) is -2.37. The van der Waals surface area contributed by atoms with Crippen LogP contribution in [0.2, 0.25) is 5.02 Å². The molecule has 33 heavy (non-hydrogen) atoms. The molecule has 0 fully saturated rings. The van der Waals surface area contributed by atoms with Crippen molar-refractivity contribution in [2.45, 2.75) is 52.5 Å². The summed E-state index contributed by atoms with van der Waals surface area (Å²) in [6.45, 7) is 3.63. The van der Waals surface area contributed by atoms with Crippen molar-refractivity contribution in [3.63, 3.8) is 0 Å². The van der Waals surface area contributed by atoms with E-state index >= 15 is 0 Å². The number of anilines is 2. The first-order chi connectivity index (χ1) is 15.7. The lowest BCUT2D eigenvalue weighted by Crippen LogP contribution is -2.43. The number of unbranched alkanes of at least 4 members (excludes halogenated alkanes) is 3. The number of rotatable bonds is 11. The van der Waals surface area contributed by atoms with E-state index in [2.05, 4.69) is 4.98 Å². The zero-order valence-corrected chi connectivity index (χ0v) is 19.4. The van der Waals surface area contributed by atoms with Crippen LogP contribution in [0.15, 0.2) is 27.8 Å². The predicted molar refractivity (Wildman–Crippen MR) is 124 cm³/mol. The van der Waals surface area contributed by atoms with Crippen molar-refractivity contribution in [2.24, 2.45) is 0 Å². The van der Waals surface area contributed by atoms with Crippen LogP contribution in [0, 0.1) is 5.82 Å². The summed E-state index contributed by atoms with van der Waals surface area (Å²) >= 11 is 5.87. The number of H-pyrrole nitrogens is 1. The first-order valence-corrected chi connectivity index (χ1v) is 11.1. The van der Waals surface area contributed by atoms with Gasteiger partial charge in [0.15, 0.2) is 12.3 Å². The van der Waals surface area contributed by atoms with Gasteiger partial charge in [0.25, 0.3) is 11.5 Å². The van der Waals surface area contributed by atoms with E-state index in [1.807, 2.05) is 13.8 Å². The van der Waals surface area contributed by atoms with E-state index in [1.54, 1.807) is 0 Å². The second-order valence-corrected chi connectivity index (χ2v) is 7.86. The van der Waals surface area contributed by atoms with E-state index in [9.17, 15) is 23.6 Å². The minimum absolute atomic E-state index is 0.103. The van der Waals surface area contributed by atoms with Gasteiger partial charge in [0.05, 0.1) is 10.6 Å². The van der Waals surface area contributed by atoms with Crippen LogP contribution in [0.3, 0.4) is 0 Å². The Morgan fingerprint density at radius 3 is 2.52 bits per heavy atom. The fourth-order valence-corrected chi connectivity index (χ4v) is 3.44. The quantitative estimate of drug-likeness (QED) is 0.374. The van der Waals surface area contributed by atoms with E-state index in [4.69, 9.17) is 22.1 Å². The third kappa shape index (κ3) is 6.67. The summed E-state index contributed by atoms with van der Waals surface area (Å²) < 4.78 is 19.5. The molecule has 1 aromatic carbocycles. The van der Waals surface area contributed by atoms with Gasteiger partial charge >= 0.3 is 11.7 Å². The van der Waals surface area contributed by atoms with E-state index < -0.39 is 35.5 Å². The molecule has 11 heteroatoms. The molecule has 0 bridgehead atoms. The fraction of sp³-hybridized carbons (Fsp3) is 0.455. The molecule has 3 N–H and O–H groups in total. The molecule has 2 aromatic rings. The maximum absolute atomic E-state index is 13.2. The Hall–Kier alpha value is -3.14. The lowest BCUT2D eigenvalue weighted by Gasteiger charge is -2.24. The van der Waals surface area contributed by atoms with Crippen molar-refractivity contribution >= 4 is 35.0 Å². The van der Waals surface area contributed by atoms with Crippen LogP contribution in [0.25, 0.3) is 0 Å². The third-order valence-corrected chi connectivity index (χ3v) is 5.30. The number of nitrogens with one attached hydrogen (secondary N) is 1. The van der Waals surface area contributed by atoms with Crippen molar-refractivity contribution < 1.29 is 18.7 Å². The van der Waals surface area contributed by atoms with Gasteiger partial charge in [0, 0.05) is 13.1 Å². The number of esters is 1. The number of hydrogen-bond acceptors (Lipinski definition) is 6. The number of aromatic nitrogens is 2. The molecule has 0 saturated carbocycles. The highest BCUT2D eigenvalue weighted by Gasteiger charge is 2.25. The number of nitrogens with zero attached hydrogens (tertiary/aromatic N) is 2. The molecule has 0 aliphatic rings. The highest BCUT2D eigenvalue weighted by molar-refractivity contribution is 6.33. The van der Waals surface area contributed by atoms with Gasteiger partial charge in [-0.05, 0) is 31.0 Å². The third-order valence-electron chi connectivity index (χ3n) is 4.98. The zero-order chi connectivity index (χ0) is 24.5. The molecule has 1 amide bonds. The van der Waals surface area contributed by atoms with Gasteiger partial charge in [-0.2, -0.15) is 0 Å². The molecule has 0 aliphatic carbocycles. The molecule has 0 atom stereocenters. The Morgan fingerprint density at radius 1 is 1.18 bits per heavy atom. The van der Waals surface area contributed by atoms with Crippen LogP contribution >= 0.6 is 11.6 Å². The fourth-order valence-electron chi connectivity index (χ4n) is 3.20. The molecule has 0 aliphatic heterocycles. The molecule has 2 rings (SSSR count). The van der Waals surface area contributed by atoms with Gasteiger partial charge in [-0.3, -0.25) is 19.1 Å². The van der Waals surface area contributed by atoms with Gasteiger partial charge in [-0.1, -0.05) is 44.7 Å². The number of aromatic amines is 1. The van der Waals surface area contributed by atoms with Crippen molar-refractivity contribution in [3.8, 4) is 0 Å². The Morgan fingerprint density at radius 2 is 1.88 bits per heavy atom. The second kappa shape index (κ2) is 12.2. The monoisotopic (exact) mass is 482 g/mol. The lowest BCUT2D eigenvalue weighted by molar-refractivity contribution is -0.121. The minimum atomic E-state index is -0.920. The van der Waals surface area contributed by atoms with Gasteiger partial charge < -0.3 is 15.4 Å². The van der Waals surface area contributed by atoms with Crippen LogP contribution in [0.1, 0.15) is 56.3 Å². The topological polar surface area (TPSA) is 127 Å². The molecule has 1 aromatic heterocycles. The number of hydrogen-bond donors (Lipinski definition) is 2. The number of nitrogen functional groups attached to an aromatic ring is 1. The summed E-state index contributed by atoms with van der Waals surface area (Å²) in [5.41, 5.74) is 4.41. The van der Waals surface area contributed by atoms with Crippen LogP contribution < -0.4 is 21.9 Å². The standard InChI is InChI=1S/C22H28ClFN4O5/c1-3-5-7-11-27(18-19(25)28(10-6-4-2)22(32)26-20(18)30)17(29)13-33-21(31)15-9-8-14(24)12-16(15)23/h8-9,12H,3-7,10-11,13,25H2,1-2H3,(H,26,30,32). The summed E-state index contributed by atoms with van der Waals surface area (Å²) in [6.07, 6.45) is 3.65. The van der Waals surface area contributed by atoms with Gasteiger partial charge in [0.1, 0.15) is 11.6 Å². The number of carbonyl (C=O) groups is 2. The molecule has 0 radical (unpaired) electrons. The number of amides is 1. The zero-order valence-electron chi connectivity index (χ0n) is 18.7. The van der Waals surface area contributed by atoms with Crippen molar-refractivity contribution in [3.05, 3.63) is 55.4 Å². The second-order valence-electron chi connectivity index (χ2n) is 7.45. The predicted octanol–water partition coefficient (Wildman–Crippen LogP) is 3.09. The van der Waals surface area contributed by atoms with E-state index in [0.29, 0.717) is 12.8 Å². The molecule has 0 unspecified atom stereocenters. The molecular formula is C22H28ClFN4O5. The van der Waals surface area contributed by atoms with Crippen molar-refractivity contribution in [1.29, 1.82) is 0 Å². The smallest absolute Gasteiger partial charge is 0.340 e. The molecule has 1 heterocycles. The SMILES string of the molecule is CCCCCN(C(=O)COC(=O)c1ccc(F)cc1Cl)c1c(N)n(CCCC)c(=O)[nH]c1=O. The summed E-state index contributed by atoms with van der Waals surface area (Å²) in [4.78, 5) is 53.4. The summed E-state index contributed by atoms with van der Waals surface area (Å²) in [7, 11) is 0. The average molecular weight is 483 g/mol.